The Morgan fingerprint density at radius 3 is 2.47 bits per heavy atom. The summed E-state index contributed by atoms with van der Waals surface area (Å²) < 4.78 is 38.7. The summed E-state index contributed by atoms with van der Waals surface area (Å²) in [6.07, 6.45) is 0.192. The van der Waals surface area contributed by atoms with Crippen molar-refractivity contribution in [1.29, 1.82) is 0 Å². The van der Waals surface area contributed by atoms with E-state index in [0.29, 0.717) is 21.5 Å². The Hall–Kier alpha value is -3.70. The van der Waals surface area contributed by atoms with E-state index in [4.69, 9.17) is 27.9 Å². The summed E-state index contributed by atoms with van der Waals surface area (Å²) in [6, 6.07) is 15.8. The zero-order valence-electron chi connectivity index (χ0n) is 20.1. The highest BCUT2D eigenvalue weighted by molar-refractivity contribution is 7.85. The minimum absolute atomic E-state index is 0.0152. The first kappa shape index (κ1) is 27.3. The monoisotopic (exact) mass is 573 g/mol. The number of hydrogen-bond donors (Lipinski definition) is 3. The van der Waals surface area contributed by atoms with Crippen molar-refractivity contribution >= 4 is 67.1 Å². The molecule has 196 valence electrons. The third-order valence-electron chi connectivity index (χ3n) is 5.70. The number of methoxy groups -OCH3 is 1. The van der Waals surface area contributed by atoms with Crippen molar-refractivity contribution in [2.45, 2.75) is 18.2 Å². The summed E-state index contributed by atoms with van der Waals surface area (Å²) in [6.45, 7) is 1.68. The molecule has 3 N–H and O–H groups in total. The standard InChI is InChI=1S/C26H21Cl2N3O6S/c1-3-16-21(12-15(27)13-22(16)38(34,35)36)30-31-23-17-8-5-4-7-14(17)11-18(24(23)32)26(33)29-20-10-6-9-19(28)25(20)37-2/h4-13,32H,3H2,1-2H3,(H,29,33)(H,34,35,36). The van der Waals surface area contributed by atoms with Crippen LogP contribution in [0.2, 0.25) is 10.0 Å². The van der Waals surface area contributed by atoms with Crippen molar-refractivity contribution in [2.75, 3.05) is 12.4 Å². The summed E-state index contributed by atoms with van der Waals surface area (Å²) in [5, 5.41) is 23.5. The Bertz CT molecular complexity index is 1710. The minimum Gasteiger partial charge on any atom is -0.505 e. The lowest BCUT2D eigenvalue weighted by Crippen LogP contribution is -2.13. The lowest BCUT2D eigenvalue weighted by Gasteiger charge is -2.14. The second kappa shape index (κ2) is 11.0. The van der Waals surface area contributed by atoms with Gasteiger partial charge in [-0.2, -0.15) is 13.5 Å². The maximum Gasteiger partial charge on any atom is 0.294 e. The van der Waals surface area contributed by atoms with Gasteiger partial charge in [-0.3, -0.25) is 9.35 Å². The Kier molecular flexibility index (Phi) is 7.89. The topological polar surface area (TPSA) is 138 Å². The van der Waals surface area contributed by atoms with Gasteiger partial charge in [0.15, 0.2) is 11.5 Å². The minimum atomic E-state index is -4.58. The fourth-order valence-electron chi connectivity index (χ4n) is 3.97. The van der Waals surface area contributed by atoms with Gasteiger partial charge >= 0.3 is 0 Å². The fraction of sp³-hybridized carbons (Fsp3) is 0.115. The number of nitrogens with one attached hydrogen (secondary N) is 1. The predicted molar refractivity (Wildman–Crippen MR) is 146 cm³/mol. The van der Waals surface area contributed by atoms with Crippen LogP contribution in [0.5, 0.6) is 11.5 Å². The average molecular weight is 574 g/mol. The van der Waals surface area contributed by atoms with Crippen LogP contribution in [0.1, 0.15) is 22.8 Å². The van der Waals surface area contributed by atoms with Crippen LogP contribution in [-0.2, 0) is 16.5 Å². The Labute approximate surface area is 228 Å². The van der Waals surface area contributed by atoms with Gasteiger partial charge in [0.1, 0.15) is 10.6 Å². The highest BCUT2D eigenvalue weighted by atomic mass is 35.5. The van der Waals surface area contributed by atoms with Crippen molar-refractivity contribution in [3.05, 3.63) is 81.8 Å². The highest BCUT2D eigenvalue weighted by Crippen LogP contribution is 2.41. The molecule has 0 atom stereocenters. The molecule has 12 heteroatoms. The molecule has 0 fully saturated rings. The number of ether oxygens (including phenoxy) is 1. The van der Waals surface area contributed by atoms with Crippen LogP contribution < -0.4 is 10.1 Å². The number of carbonyl (C=O) groups is 1. The van der Waals surface area contributed by atoms with Gasteiger partial charge in [-0.05, 0) is 42.1 Å². The predicted octanol–water partition coefficient (Wildman–Crippen LogP) is 7.34. The molecular formula is C26H21Cl2N3O6S. The van der Waals surface area contributed by atoms with Crippen LogP contribution in [0.25, 0.3) is 10.8 Å². The van der Waals surface area contributed by atoms with E-state index in [2.05, 4.69) is 15.5 Å². The van der Waals surface area contributed by atoms with Crippen molar-refractivity contribution < 1.29 is 27.6 Å². The second-order valence-corrected chi connectivity index (χ2v) is 10.3. The van der Waals surface area contributed by atoms with Gasteiger partial charge in [-0.25, -0.2) is 0 Å². The molecular weight excluding hydrogens is 553 g/mol. The summed E-state index contributed by atoms with van der Waals surface area (Å²) in [7, 11) is -3.17. The molecule has 4 aromatic rings. The summed E-state index contributed by atoms with van der Waals surface area (Å²) in [4.78, 5) is 12.8. The number of halogens is 2. The Morgan fingerprint density at radius 2 is 1.79 bits per heavy atom. The van der Waals surface area contributed by atoms with Crippen LogP contribution >= 0.6 is 23.2 Å². The van der Waals surface area contributed by atoms with Crippen molar-refractivity contribution in [3.63, 3.8) is 0 Å². The van der Waals surface area contributed by atoms with E-state index in [1.807, 2.05) is 0 Å². The zero-order chi connectivity index (χ0) is 27.6. The van der Waals surface area contributed by atoms with E-state index >= 15 is 0 Å². The summed E-state index contributed by atoms with van der Waals surface area (Å²) in [5.41, 5.74) is 0.438. The third-order valence-corrected chi connectivity index (χ3v) is 7.13. The molecule has 0 aliphatic carbocycles. The van der Waals surface area contributed by atoms with Gasteiger partial charge < -0.3 is 15.2 Å². The Morgan fingerprint density at radius 1 is 1.05 bits per heavy atom. The smallest absolute Gasteiger partial charge is 0.294 e. The first-order valence-electron chi connectivity index (χ1n) is 11.1. The molecule has 38 heavy (non-hydrogen) atoms. The van der Waals surface area contributed by atoms with Crippen LogP contribution in [0, 0.1) is 0 Å². The number of amides is 1. The second-order valence-electron chi connectivity index (χ2n) is 8.05. The molecule has 0 saturated carbocycles. The molecule has 4 aromatic carbocycles. The van der Waals surface area contributed by atoms with Crippen LogP contribution in [-0.4, -0.2) is 31.1 Å². The van der Waals surface area contributed by atoms with Gasteiger partial charge in [0.25, 0.3) is 16.0 Å². The summed E-state index contributed by atoms with van der Waals surface area (Å²) >= 11 is 12.2. The normalized spacial score (nSPS) is 11.7. The zero-order valence-corrected chi connectivity index (χ0v) is 22.4. The number of aromatic hydroxyl groups is 1. The number of phenols is 1. The number of para-hydroxylation sites is 1. The van der Waals surface area contributed by atoms with Crippen molar-refractivity contribution in [2.24, 2.45) is 10.2 Å². The van der Waals surface area contributed by atoms with E-state index in [1.54, 1.807) is 49.4 Å². The van der Waals surface area contributed by atoms with Crippen LogP contribution in [0.3, 0.4) is 0 Å². The number of rotatable bonds is 7. The first-order valence-corrected chi connectivity index (χ1v) is 13.3. The quantitative estimate of drug-likeness (QED) is 0.156. The van der Waals surface area contributed by atoms with E-state index in [9.17, 15) is 22.9 Å². The van der Waals surface area contributed by atoms with Crippen LogP contribution in [0.4, 0.5) is 17.1 Å². The number of fused-ring (bicyclic) bond motifs is 1. The van der Waals surface area contributed by atoms with Crippen molar-refractivity contribution in [3.8, 4) is 11.5 Å². The number of carbonyl (C=O) groups excluding carboxylic acids is 1. The van der Waals surface area contributed by atoms with Crippen molar-refractivity contribution in [1.82, 2.24) is 0 Å². The molecule has 0 spiro atoms. The molecule has 0 bridgehead atoms. The van der Waals surface area contributed by atoms with E-state index in [1.165, 1.54) is 19.2 Å². The maximum atomic E-state index is 13.2. The number of anilines is 1. The largest absolute Gasteiger partial charge is 0.505 e. The molecule has 9 nitrogen and oxygen atoms in total. The third kappa shape index (κ3) is 5.44. The number of nitrogens with zero attached hydrogens (tertiary/aromatic N) is 2. The Balaban J connectivity index is 1.85. The highest BCUT2D eigenvalue weighted by Gasteiger charge is 2.22. The SMILES string of the molecule is CCc1c(N=Nc2c(O)c(C(=O)Nc3cccc(Cl)c3OC)cc3ccccc23)cc(Cl)cc1S(=O)(=O)O. The molecule has 4 rings (SSSR count). The van der Waals surface area contributed by atoms with E-state index < -0.39 is 21.8 Å². The van der Waals surface area contributed by atoms with Gasteiger partial charge in [-0.15, -0.1) is 5.11 Å². The molecule has 0 aromatic heterocycles. The lowest BCUT2D eigenvalue weighted by atomic mass is 10.0. The molecule has 0 unspecified atom stereocenters. The van der Waals surface area contributed by atoms with Crippen LogP contribution in [0.15, 0.2) is 75.8 Å². The molecule has 0 heterocycles. The number of hydrogen-bond acceptors (Lipinski definition) is 7. The molecule has 1 amide bonds. The van der Waals surface area contributed by atoms with E-state index in [-0.39, 0.29) is 44.6 Å². The van der Waals surface area contributed by atoms with Gasteiger partial charge in [0, 0.05) is 16.0 Å². The van der Waals surface area contributed by atoms with Gasteiger partial charge in [0.05, 0.1) is 29.1 Å². The lowest BCUT2D eigenvalue weighted by molar-refractivity contribution is 0.102. The number of benzene rings is 4. The number of phenolic OH excluding ortho intramolecular Hbond substituents is 1. The number of azo groups is 1. The molecule has 0 aliphatic rings. The fourth-order valence-corrected chi connectivity index (χ4v) is 5.34. The van der Waals surface area contributed by atoms with E-state index in [0.717, 1.165) is 6.07 Å². The first-order chi connectivity index (χ1) is 18.0. The molecule has 0 radical (unpaired) electrons. The molecule has 0 aliphatic heterocycles. The summed E-state index contributed by atoms with van der Waals surface area (Å²) in [5.74, 6) is -0.859. The van der Waals surface area contributed by atoms with Gasteiger partial charge in [-0.1, -0.05) is 60.5 Å². The van der Waals surface area contributed by atoms with Gasteiger partial charge in [0.2, 0.25) is 0 Å². The molecule has 0 saturated heterocycles. The average Bonchev–Trinajstić information content (AvgIpc) is 2.87. The maximum absolute atomic E-state index is 13.2.